The zero-order valence-electron chi connectivity index (χ0n) is 18.8. The third-order valence-corrected chi connectivity index (χ3v) is 5.53. The Morgan fingerprint density at radius 3 is 2.70 bits per heavy atom. The molecule has 0 amide bonds. The fourth-order valence-electron chi connectivity index (χ4n) is 3.64. The monoisotopic (exact) mass is 415 g/mol. The number of aryl methyl sites for hydroxylation is 1. The van der Waals surface area contributed by atoms with E-state index in [9.17, 15) is 0 Å². The van der Waals surface area contributed by atoms with Crippen molar-refractivity contribution in [3.05, 3.63) is 41.7 Å². The number of aromatic nitrogens is 2. The first-order chi connectivity index (χ1) is 14.4. The van der Waals surface area contributed by atoms with Gasteiger partial charge in [-0.05, 0) is 17.7 Å². The highest BCUT2D eigenvalue weighted by Crippen LogP contribution is 2.33. The largest absolute Gasteiger partial charge is 0.493 e. The summed E-state index contributed by atoms with van der Waals surface area (Å²) in [5.74, 6) is 2.34. The van der Waals surface area contributed by atoms with Gasteiger partial charge >= 0.3 is 0 Å². The Morgan fingerprint density at radius 2 is 2.07 bits per heavy atom. The van der Waals surface area contributed by atoms with E-state index in [1.807, 2.05) is 38.6 Å². The number of hydrogen-bond donors (Lipinski definition) is 1. The summed E-state index contributed by atoms with van der Waals surface area (Å²) in [5, 5.41) is 7.81. The number of nitrogens with one attached hydrogen (secondary N) is 1. The average molecular weight is 416 g/mol. The molecule has 1 aliphatic rings. The molecule has 0 spiro atoms. The predicted octanol–water partition coefficient (Wildman–Crippen LogP) is 2.36. The molecule has 1 fully saturated rings. The van der Waals surface area contributed by atoms with Crippen LogP contribution in [-0.2, 0) is 17.2 Å². The third kappa shape index (κ3) is 4.87. The van der Waals surface area contributed by atoms with Crippen LogP contribution in [0.5, 0.6) is 11.5 Å². The van der Waals surface area contributed by atoms with Crippen LogP contribution in [-0.4, -0.2) is 68.1 Å². The van der Waals surface area contributed by atoms with Crippen LogP contribution in [0.25, 0.3) is 0 Å². The Morgan fingerprint density at radius 1 is 1.30 bits per heavy atom. The summed E-state index contributed by atoms with van der Waals surface area (Å²) in [6.45, 7) is 7.32. The smallest absolute Gasteiger partial charge is 0.193 e. The summed E-state index contributed by atoms with van der Waals surface area (Å²) >= 11 is 0. The molecule has 0 bridgehead atoms. The van der Waals surface area contributed by atoms with Crippen molar-refractivity contribution in [2.45, 2.75) is 25.4 Å². The van der Waals surface area contributed by atoms with Gasteiger partial charge in [0, 0.05) is 44.4 Å². The normalized spacial score (nSPS) is 17.7. The summed E-state index contributed by atoms with van der Waals surface area (Å²) in [5.41, 5.74) is 2.12. The minimum atomic E-state index is -0.134. The second-order valence-electron chi connectivity index (χ2n) is 8.11. The first-order valence-corrected chi connectivity index (χ1v) is 10.2. The van der Waals surface area contributed by atoms with Crippen molar-refractivity contribution in [1.29, 1.82) is 0 Å². The van der Waals surface area contributed by atoms with Crippen LogP contribution in [0.1, 0.15) is 31.1 Å². The van der Waals surface area contributed by atoms with E-state index < -0.39 is 0 Å². The van der Waals surface area contributed by atoms with Gasteiger partial charge in [0.15, 0.2) is 17.5 Å². The van der Waals surface area contributed by atoms with E-state index in [2.05, 4.69) is 40.2 Å². The predicted molar refractivity (Wildman–Crippen MR) is 117 cm³/mol. The van der Waals surface area contributed by atoms with Gasteiger partial charge in [-0.15, -0.1) is 0 Å². The highest BCUT2D eigenvalue weighted by Gasteiger charge is 2.27. The first-order valence-electron chi connectivity index (χ1n) is 10.2. The van der Waals surface area contributed by atoms with Gasteiger partial charge in [0.05, 0.1) is 33.6 Å². The van der Waals surface area contributed by atoms with Crippen LogP contribution in [0.15, 0.2) is 35.6 Å². The minimum absolute atomic E-state index is 0.00939. The lowest BCUT2D eigenvalue weighted by atomic mass is 9.84. The molecule has 3 rings (SSSR count). The van der Waals surface area contributed by atoms with E-state index in [1.165, 1.54) is 5.56 Å². The molecule has 1 N–H and O–H groups in total. The number of benzene rings is 1. The van der Waals surface area contributed by atoms with Gasteiger partial charge in [0.2, 0.25) is 0 Å². The molecule has 1 aromatic carbocycles. The van der Waals surface area contributed by atoms with Crippen LogP contribution in [0.3, 0.4) is 0 Å². The molecule has 1 atom stereocenters. The molecule has 0 radical (unpaired) electrons. The SMILES string of the molecule is CN=C(NCC(C)(C)c1ccc(OC)c(OC)c1)N1CCOC(c2cnn(C)c2)C1. The van der Waals surface area contributed by atoms with Crippen molar-refractivity contribution >= 4 is 5.96 Å². The molecule has 8 heteroatoms. The summed E-state index contributed by atoms with van der Waals surface area (Å²) in [7, 11) is 7.04. The van der Waals surface area contributed by atoms with Crippen molar-refractivity contribution in [3.63, 3.8) is 0 Å². The number of methoxy groups -OCH3 is 2. The molecule has 30 heavy (non-hydrogen) atoms. The Hall–Kier alpha value is -2.74. The fraction of sp³-hybridized carbons (Fsp3) is 0.545. The van der Waals surface area contributed by atoms with Crippen molar-refractivity contribution < 1.29 is 14.2 Å². The van der Waals surface area contributed by atoms with Crippen molar-refractivity contribution in [3.8, 4) is 11.5 Å². The quantitative estimate of drug-likeness (QED) is 0.577. The zero-order chi connectivity index (χ0) is 21.7. The molecular formula is C22H33N5O3. The topological polar surface area (TPSA) is 73.1 Å². The number of ether oxygens (including phenoxy) is 3. The second-order valence-corrected chi connectivity index (χ2v) is 8.11. The molecule has 1 unspecified atom stereocenters. The maximum atomic E-state index is 5.96. The summed E-state index contributed by atoms with van der Waals surface area (Å²) in [4.78, 5) is 6.76. The van der Waals surface area contributed by atoms with Crippen LogP contribution >= 0.6 is 0 Å². The Bertz CT molecular complexity index is 877. The molecule has 0 aliphatic carbocycles. The lowest BCUT2D eigenvalue weighted by Gasteiger charge is -2.36. The first kappa shape index (κ1) is 22.0. The van der Waals surface area contributed by atoms with Crippen molar-refractivity contribution in [1.82, 2.24) is 20.0 Å². The van der Waals surface area contributed by atoms with E-state index in [-0.39, 0.29) is 11.5 Å². The van der Waals surface area contributed by atoms with Crippen LogP contribution in [0.2, 0.25) is 0 Å². The maximum absolute atomic E-state index is 5.96. The molecule has 1 aliphatic heterocycles. The van der Waals surface area contributed by atoms with E-state index in [1.54, 1.807) is 18.9 Å². The highest BCUT2D eigenvalue weighted by molar-refractivity contribution is 5.80. The summed E-state index contributed by atoms with van der Waals surface area (Å²) < 4.78 is 18.6. The number of morpholine rings is 1. The van der Waals surface area contributed by atoms with Crippen molar-refractivity contribution in [2.24, 2.45) is 12.0 Å². The maximum Gasteiger partial charge on any atom is 0.193 e. The van der Waals surface area contributed by atoms with Gasteiger partial charge in [-0.3, -0.25) is 9.67 Å². The molecule has 2 heterocycles. The minimum Gasteiger partial charge on any atom is -0.493 e. The second kappa shape index (κ2) is 9.38. The van der Waals surface area contributed by atoms with Crippen LogP contribution < -0.4 is 14.8 Å². The van der Waals surface area contributed by atoms with Crippen LogP contribution in [0, 0.1) is 0 Å². The van der Waals surface area contributed by atoms with Gasteiger partial charge in [-0.25, -0.2) is 0 Å². The number of nitrogens with zero attached hydrogens (tertiary/aromatic N) is 4. The number of hydrogen-bond acceptors (Lipinski definition) is 5. The third-order valence-electron chi connectivity index (χ3n) is 5.53. The Kier molecular flexibility index (Phi) is 6.87. The number of aliphatic imine (C=N–C) groups is 1. The number of rotatable bonds is 6. The molecule has 164 valence electrons. The van der Waals surface area contributed by atoms with Gasteiger partial charge in [-0.1, -0.05) is 19.9 Å². The highest BCUT2D eigenvalue weighted by atomic mass is 16.5. The molecule has 1 saturated heterocycles. The molecule has 2 aromatic rings. The van der Waals surface area contributed by atoms with Gasteiger partial charge in [0.25, 0.3) is 0 Å². The van der Waals surface area contributed by atoms with E-state index >= 15 is 0 Å². The van der Waals surface area contributed by atoms with Crippen molar-refractivity contribution in [2.75, 3.05) is 47.5 Å². The summed E-state index contributed by atoms with van der Waals surface area (Å²) in [6, 6.07) is 6.07. The van der Waals surface area contributed by atoms with E-state index in [0.29, 0.717) is 6.61 Å². The molecular weight excluding hydrogens is 382 g/mol. The van der Waals surface area contributed by atoms with Gasteiger partial charge < -0.3 is 24.4 Å². The van der Waals surface area contributed by atoms with Gasteiger partial charge in [-0.2, -0.15) is 5.10 Å². The standard InChI is InChI=1S/C22H33N5O3/c1-22(2,17-7-8-18(28-5)19(11-17)29-6)15-24-21(23-3)27-9-10-30-20(14-27)16-12-25-26(4)13-16/h7-8,11-13,20H,9-10,14-15H2,1-6H3,(H,23,24). The average Bonchev–Trinajstić information content (AvgIpc) is 3.20. The van der Waals surface area contributed by atoms with E-state index in [4.69, 9.17) is 14.2 Å². The Balaban J connectivity index is 1.67. The molecule has 1 aromatic heterocycles. The zero-order valence-corrected chi connectivity index (χ0v) is 18.8. The number of guanidine groups is 1. The van der Waals surface area contributed by atoms with Crippen LogP contribution in [0.4, 0.5) is 0 Å². The molecule has 8 nitrogen and oxygen atoms in total. The lowest BCUT2D eigenvalue weighted by molar-refractivity contribution is -0.00808. The Labute approximate surface area is 178 Å². The van der Waals surface area contributed by atoms with E-state index in [0.717, 1.165) is 42.7 Å². The molecule has 0 saturated carbocycles. The fourth-order valence-corrected chi connectivity index (χ4v) is 3.64. The lowest BCUT2D eigenvalue weighted by Crippen LogP contribution is -2.50. The summed E-state index contributed by atoms with van der Waals surface area (Å²) in [6.07, 6.45) is 3.86. The van der Waals surface area contributed by atoms with Gasteiger partial charge in [0.1, 0.15) is 6.10 Å².